The van der Waals surface area contributed by atoms with E-state index in [1.807, 2.05) is 50.2 Å². The molecule has 0 aromatic heterocycles. The summed E-state index contributed by atoms with van der Waals surface area (Å²) in [5, 5.41) is 0. The SMILES string of the molecule is Cc1ccc(C(=O)[C@H](OC(=O)c2cccc(S(=O)(=O)N3CCc4ccccc43)c2)c2ccc(C)cc2)cc1. The molecule has 1 aliphatic rings. The topological polar surface area (TPSA) is 80.8 Å². The van der Waals surface area contributed by atoms with Crippen molar-refractivity contribution < 1.29 is 22.7 Å². The molecule has 0 radical (unpaired) electrons. The highest BCUT2D eigenvalue weighted by atomic mass is 32.2. The van der Waals surface area contributed by atoms with Crippen molar-refractivity contribution in [3.05, 3.63) is 130 Å². The summed E-state index contributed by atoms with van der Waals surface area (Å²) in [6, 6.07) is 27.4. The molecule has 0 unspecified atom stereocenters. The van der Waals surface area contributed by atoms with Crippen LogP contribution < -0.4 is 4.31 Å². The van der Waals surface area contributed by atoms with E-state index in [0.717, 1.165) is 16.7 Å². The maximum atomic E-state index is 13.5. The van der Waals surface area contributed by atoms with Crippen molar-refractivity contribution in [2.24, 2.45) is 0 Å². The molecule has 5 rings (SSSR count). The van der Waals surface area contributed by atoms with Crippen molar-refractivity contribution in [3.63, 3.8) is 0 Å². The van der Waals surface area contributed by atoms with Crippen LogP contribution in [0.3, 0.4) is 0 Å². The number of Topliss-reactive ketones (excluding diaryl/α,β-unsaturated/α-hetero) is 1. The number of hydrogen-bond donors (Lipinski definition) is 0. The fraction of sp³-hybridized carbons (Fsp3) is 0.161. The van der Waals surface area contributed by atoms with E-state index in [9.17, 15) is 18.0 Å². The van der Waals surface area contributed by atoms with E-state index in [1.54, 1.807) is 36.4 Å². The van der Waals surface area contributed by atoms with Gasteiger partial charge in [-0.05, 0) is 50.1 Å². The largest absolute Gasteiger partial charge is 0.445 e. The van der Waals surface area contributed by atoms with Crippen molar-refractivity contribution in [1.29, 1.82) is 0 Å². The third-order valence-corrected chi connectivity index (χ3v) is 8.49. The number of para-hydroxylation sites is 1. The van der Waals surface area contributed by atoms with Gasteiger partial charge < -0.3 is 4.74 Å². The Labute approximate surface area is 222 Å². The number of esters is 1. The molecule has 1 atom stereocenters. The molecule has 38 heavy (non-hydrogen) atoms. The number of carbonyl (C=O) groups is 2. The Morgan fingerprint density at radius 3 is 2.16 bits per heavy atom. The highest BCUT2D eigenvalue weighted by Crippen LogP contribution is 2.33. The second-order valence-corrected chi connectivity index (χ2v) is 11.3. The smallest absolute Gasteiger partial charge is 0.339 e. The molecule has 0 N–H and O–H groups in total. The Bertz CT molecular complexity index is 1610. The van der Waals surface area contributed by atoms with E-state index in [0.29, 0.717) is 29.8 Å². The van der Waals surface area contributed by atoms with Crippen LogP contribution in [0.25, 0.3) is 0 Å². The van der Waals surface area contributed by atoms with E-state index >= 15 is 0 Å². The number of ketones is 1. The molecule has 192 valence electrons. The summed E-state index contributed by atoms with van der Waals surface area (Å²) in [5.41, 5.74) is 4.61. The van der Waals surface area contributed by atoms with Crippen LogP contribution >= 0.6 is 0 Å². The predicted octanol–water partition coefficient (Wildman–Crippen LogP) is 5.84. The predicted molar refractivity (Wildman–Crippen MR) is 146 cm³/mol. The monoisotopic (exact) mass is 525 g/mol. The molecule has 0 aliphatic carbocycles. The first kappa shape index (κ1) is 25.4. The summed E-state index contributed by atoms with van der Waals surface area (Å²) >= 11 is 0. The quantitative estimate of drug-likeness (QED) is 0.224. The Morgan fingerprint density at radius 2 is 1.45 bits per heavy atom. The highest BCUT2D eigenvalue weighted by molar-refractivity contribution is 7.92. The van der Waals surface area contributed by atoms with Gasteiger partial charge in [0.15, 0.2) is 6.10 Å². The van der Waals surface area contributed by atoms with Gasteiger partial charge in [0.05, 0.1) is 16.1 Å². The van der Waals surface area contributed by atoms with Gasteiger partial charge in [0.1, 0.15) is 0 Å². The Balaban J connectivity index is 1.45. The molecule has 7 heteroatoms. The number of hydrogen-bond acceptors (Lipinski definition) is 5. The van der Waals surface area contributed by atoms with Gasteiger partial charge in [-0.15, -0.1) is 0 Å². The average molecular weight is 526 g/mol. The van der Waals surface area contributed by atoms with Gasteiger partial charge in [-0.2, -0.15) is 0 Å². The highest BCUT2D eigenvalue weighted by Gasteiger charge is 2.32. The lowest BCUT2D eigenvalue weighted by Crippen LogP contribution is -2.29. The van der Waals surface area contributed by atoms with Crippen molar-refractivity contribution >= 4 is 27.5 Å². The first-order chi connectivity index (χ1) is 18.2. The number of nitrogens with zero attached hydrogens (tertiary/aromatic N) is 1. The molecule has 0 fully saturated rings. The summed E-state index contributed by atoms with van der Waals surface area (Å²) in [4.78, 5) is 26.7. The van der Waals surface area contributed by atoms with Crippen LogP contribution in [0.4, 0.5) is 5.69 Å². The minimum Gasteiger partial charge on any atom is -0.445 e. The number of sulfonamides is 1. The zero-order valence-corrected chi connectivity index (χ0v) is 21.9. The summed E-state index contributed by atoms with van der Waals surface area (Å²) in [6.45, 7) is 4.18. The van der Waals surface area contributed by atoms with E-state index < -0.39 is 22.1 Å². The second kappa shape index (κ2) is 10.3. The van der Waals surface area contributed by atoms with Crippen molar-refractivity contribution in [2.75, 3.05) is 10.8 Å². The summed E-state index contributed by atoms with van der Waals surface area (Å²) in [7, 11) is -3.90. The lowest BCUT2D eigenvalue weighted by Gasteiger charge is -2.20. The molecule has 4 aromatic carbocycles. The molecule has 1 heterocycles. The van der Waals surface area contributed by atoms with Crippen LogP contribution in [0.1, 0.15) is 49.1 Å². The van der Waals surface area contributed by atoms with Crippen LogP contribution in [0.2, 0.25) is 0 Å². The number of ether oxygens (including phenoxy) is 1. The van der Waals surface area contributed by atoms with Gasteiger partial charge in [0.2, 0.25) is 5.78 Å². The zero-order chi connectivity index (χ0) is 26.9. The van der Waals surface area contributed by atoms with Gasteiger partial charge >= 0.3 is 5.97 Å². The lowest BCUT2D eigenvalue weighted by molar-refractivity contribution is 0.0279. The number of aryl methyl sites for hydroxylation is 2. The van der Waals surface area contributed by atoms with Crippen molar-refractivity contribution in [1.82, 2.24) is 0 Å². The van der Waals surface area contributed by atoms with Crippen molar-refractivity contribution in [3.8, 4) is 0 Å². The fourth-order valence-corrected chi connectivity index (χ4v) is 6.08. The minimum atomic E-state index is -3.90. The summed E-state index contributed by atoms with van der Waals surface area (Å²) in [5.74, 6) is -1.14. The van der Waals surface area contributed by atoms with Gasteiger partial charge in [-0.3, -0.25) is 9.10 Å². The summed E-state index contributed by atoms with van der Waals surface area (Å²) in [6.07, 6.45) is -0.562. The molecular formula is C31H27NO5S. The average Bonchev–Trinajstić information content (AvgIpc) is 3.37. The van der Waals surface area contributed by atoms with Crippen LogP contribution in [-0.4, -0.2) is 26.7 Å². The first-order valence-corrected chi connectivity index (χ1v) is 13.8. The number of carbonyl (C=O) groups excluding carboxylic acids is 2. The van der Waals surface area contributed by atoms with E-state index in [1.165, 1.54) is 28.6 Å². The molecule has 1 aliphatic heterocycles. The van der Waals surface area contributed by atoms with Crippen LogP contribution in [0.15, 0.2) is 102 Å². The van der Waals surface area contributed by atoms with E-state index in [4.69, 9.17) is 4.74 Å². The van der Waals surface area contributed by atoms with Gasteiger partial charge in [-0.1, -0.05) is 83.9 Å². The van der Waals surface area contributed by atoms with Gasteiger partial charge in [0.25, 0.3) is 10.0 Å². The van der Waals surface area contributed by atoms with Crippen LogP contribution in [0, 0.1) is 13.8 Å². The van der Waals surface area contributed by atoms with Crippen LogP contribution in [0.5, 0.6) is 0 Å². The number of anilines is 1. The maximum Gasteiger partial charge on any atom is 0.339 e. The first-order valence-electron chi connectivity index (χ1n) is 12.3. The molecule has 0 saturated carbocycles. The molecule has 6 nitrogen and oxygen atoms in total. The summed E-state index contributed by atoms with van der Waals surface area (Å²) < 4.78 is 34.1. The number of benzene rings is 4. The molecule has 0 amide bonds. The number of fused-ring (bicyclic) bond motifs is 1. The lowest BCUT2D eigenvalue weighted by atomic mass is 9.98. The Morgan fingerprint density at radius 1 is 0.789 bits per heavy atom. The molecule has 0 spiro atoms. The fourth-order valence-electron chi connectivity index (χ4n) is 4.53. The van der Waals surface area contributed by atoms with Crippen molar-refractivity contribution in [2.45, 2.75) is 31.3 Å². The van der Waals surface area contributed by atoms with E-state index in [-0.39, 0.29) is 16.2 Å². The van der Waals surface area contributed by atoms with Gasteiger partial charge in [0, 0.05) is 17.7 Å². The van der Waals surface area contributed by atoms with Gasteiger partial charge in [-0.25, -0.2) is 13.2 Å². The second-order valence-electron chi connectivity index (χ2n) is 9.41. The third kappa shape index (κ3) is 4.97. The maximum absolute atomic E-state index is 13.5. The minimum absolute atomic E-state index is 0.0135. The zero-order valence-electron chi connectivity index (χ0n) is 21.1. The van der Waals surface area contributed by atoms with Crippen LogP contribution in [-0.2, 0) is 21.2 Å². The number of rotatable bonds is 7. The molecule has 0 bridgehead atoms. The third-order valence-electron chi connectivity index (χ3n) is 6.68. The normalized spacial score (nSPS) is 13.6. The standard InChI is InChI=1S/C31H27NO5S/c1-21-10-14-24(15-11-21)29(33)30(25-16-12-22(2)13-17-25)37-31(34)26-7-5-8-27(20-26)38(35,36)32-19-18-23-6-3-4-9-28(23)32/h3-17,20,30H,18-19H2,1-2H3/t30-/m1/s1. The van der Waals surface area contributed by atoms with E-state index in [2.05, 4.69) is 0 Å². The molecular weight excluding hydrogens is 498 g/mol. The Hall–Kier alpha value is -4.23. The molecule has 4 aromatic rings. The Kier molecular flexibility index (Phi) is 6.87. The molecule has 0 saturated heterocycles.